The van der Waals surface area contributed by atoms with Gasteiger partial charge >= 0.3 is 11.9 Å². The minimum atomic E-state index is -1.28. The summed E-state index contributed by atoms with van der Waals surface area (Å²) in [7, 11) is 1.66. The number of fused-ring (bicyclic) bond motifs is 6. The summed E-state index contributed by atoms with van der Waals surface area (Å²) >= 11 is 0. The van der Waals surface area contributed by atoms with Crippen molar-refractivity contribution in [3.05, 3.63) is 132 Å². The van der Waals surface area contributed by atoms with E-state index in [1.54, 1.807) is 61.8 Å². The van der Waals surface area contributed by atoms with E-state index in [1.165, 1.54) is 18.6 Å². The number of aromatic hydroxyl groups is 2. The molecular weight excluding hydrogens is 672 g/mol. The normalized spacial score (nSPS) is 19.7. The van der Waals surface area contributed by atoms with Gasteiger partial charge in [0.05, 0.1) is 18.7 Å². The first-order valence-electron chi connectivity index (χ1n) is 17.5. The zero-order valence-corrected chi connectivity index (χ0v) is 29.1. The van der Waals surface area contributed by atoms with Gasteiger partial charge in [0.15, 0.2) is 0 Å². The molecule has 1 aromatic heterocycles. The first-order chi connectivity index (χ1) is 25.6. The van der Waals surface area contributed by atoms with Crippen molar-refractivity contribution in [2.45, 2.75) is 31.4 Å². The molecule has 3 fully saturated rings. The fourth-order valence-electron chi connectivity index (χ4n) is 8.13. The molecule has 270 valence electrons. The quantitative estimate of drug-likeness (QED) is 0.0997. The minimum Gasteiger partial charge on any atom is -0.507 e. The van der Waals surface area contributed by atoms with Crippen LogP contribution in [-0.4, -0.2) is 73.6 Å². The Bertz CT molecular complexity index is 2290. The van der Waals surface area contributed by atoms with Crippen LogP contribution in [0.5, 0.6) is 17.2 Å². The number of carboxylic acid groups (broad SMARTS) is 2. The highest BCUT2D eigenvalue weighted by Gasteiger charge is 2.42. The van der Waals surface area contributed by atoms with Crippen LogP contribution >= 0.6 is 0 Å². The summed E-state index contributed by atoms with van der Waals surface area (Å²) in [6.07, 6.45) is 5.58. The Balaban J connectivity index is 0.000000167. The molecule has 5 unspecified atom stereocenters. The third-order valence-corrected chi connectivity index (χ3v) is 10.9. The van der Waals surface area contributed by atoms with Gasteiger partial charge in [-0.3, -0.25) is 9.88 Å². The van der Waals surface area contributed by atoms with Gasteiger partial charge in [0.1, 0.15) is 28.4 Å². The summed E-state index contributed by atoms with van der Waals surface area (Å²) in [5, 5.41) is 54.9. The lowest BCUT2D eigenvalue weighted by atomic mass is 9.73. The molecule has 10 nitrogen and oxygen atoms in total. The smallest absolute Gasteiger partial charge is 0.339 e. The molecule has 3 aliphatic rings. The highest BCUT2D eigenvalue weighted by molar-refractivity contribution is 6.02. The van der Waals surface area contributed by atoms with Gasteiger partial charge in [-0.15, -0.1) is 6.58 Å². The maximum atomic E-state index is 11.6. The van der Waals surface area contributed by atoms with Crippen LogP contribution in [0.3, 0.4) is 0 Å². The van der Waals surface area contributed by atoms with Gasteiger partial charge in [0.25, 0.3) is 0 Å². The van der Waals surface area contributed by atoms with E-state index >= 15 is 0 Å². The number of benzene rings is 5. The van der Waals surface area contributed by atoms with E-state index in [-0.39, 0.29) is 23.6 Å². The van der Waals surface area contributed by atoms with Gasteiger partial charge in [-0.25, -0.2) is 9.59 Å². The van der Waals surface area contributed by atoms with Gasteiger partial charge in [0.2, 0.25) is 0 Å². The van der Waals surface area contributed by atoms with E-state index in [4.69, 9.17) is 4.74 Å². The predicted molar refractivity (Wildman–Crippen MR) is 203 cm³/mol. The number of methoxy groups -OCH3 is 1. The number of carboxylic acids is 2. The highest BCUT2D eigenvalue weighted by Crippen LogP contribution is 2.43. The Morgan fingerprint density at radius 2 is 1.49 bits per heavy atom. The number of phenols is 2. The van der Waals surface area contributed by atoms with Crippen LogP contribution in [0, 0.1) is 11.8 Å². The third-order valence-electron chi connectivity index (χ3n) is 10.9. The number of aromatic nitrogens is 1. The van der Waals surface area contributed by atoms with Crippen molar-refractivity contribution in [1.29, 1.82) is 0 Å². The maximum Gasteiger partial charge on any atom is 0.339 e. The van der Waals surface area contributed by atoms with Gasteiger partial charge in [0, 0.05) is 41.7 Å². The van der Waals surface area contributed by atoms with Crippen LogP contribution in [0.15, 0.2) is 104 Å². The maximum absolute atomic E-state index is 11.6. The van der Waals surface area contributed by atoms with Crippen molar-refractivity contribution in [1.82, 2.24) is 9.88 Å². The van der Waals surface area contributed by atoms with Crippen molar-refractivity contribution in [3.63, 3.8) is 0 Å². The number of piperidine rings is 3. The lowest BCUT2D eigenvalue weighted by Gasteiger charge is -2.50. The number of ether oxygens (including phenoxy) is 1. The Morgan fingerprint density at radius 1 is 0.887 bits per heavy atom. The predicted octanol–water partition coefficient (Wildman–Crippen LogP) is 7.56. The number of rotatable bonds is 8. The molecule has 0 amide bonds. The minimum absolute atomic E-state index is 0.0407. The van der Waals surface area contributed by atoms with Gasteiger partial charge in [-0.1, -0.05) is 54.6 Å². The van der Waals surface area contributed by atoms with Gasteiger partial charge in [-0.05, 0) is 94.7 Å². The van der Waals surface area contributed by atoms with E-state index in [0.29, 0.717) is 44.5 Å². The zero-order chi connectivity index (χ0) is 37.4. The summed E-state index contributed by atoms with van der Waals surface area (Å²) in [4.78, 5) is 30.1. The molecule has 10 heteroatoms. The number of nitrogens with zero attached hydrogens (tertiary/aromatic N) is 2. The number of pyridine rings is 1. The second kappa shape index (κ2) is 14.6. The summed E-state index contributed by atoms with van der Waals surface area (Å²) in [5.74, 6) is -1.35. The molecule has 0 spiro atoms. The molecule has 0 radical (unpaired) electrons. The Hall–Kier alpha value is -5.97. The largest absolute Gasteiger partial charge is 0.507 e. The van der Waals surface area contributed by atoms with Crippen LogP contribution in [0.25, 0.3) is 32.4 Å². The second-order valence-electron chi connectivity index (χ2n) is 13.7. The van der Waals surface area contributed by atoms with E-state index in [2.05, 4.69) is 22.5 Å². The lowest BCUT2D eigenvalue weighted by Crippen LogP contribution is -2.54. The Labute approximate surface area is 305 Å². The van der Waals surface area contributed by atoms with Crippen LogP contribution in [0.1, 0.15) is 56.4 Å². The third kappa shape index (κ3) is 6.63. The highest BCUT2D eigenvalue weighted by atomic mass is 16.5. The van der Waals surface area contributed by atoms with Crippen molar-refractivity contribution in [3.8, 4) is 17.2 Å². The lowest BCUT2D eigenvalue weighted by molar-refractivity contribution is -0.0444. The molecule has 53 heavy (non-hydrogen) atoms. The summed E-state index contributed by atoms with van der Waals surface area (Å²) < 4.78 is 5.35. The van der Waals surface area contributed by atoms with Crippen LogP contribution in [-0.2, 0) is 6.42 Å². The molecule has 3 aliphatic heterocycles. The SMILES string of the molecule is C=CC1CN2CCC1CC2C(O)c1ccnc2ccc(OC)cc12.O=C(O)c1cc2ccccc2c(Cc2c(O)c(C(=O)O)cc3ccccc23)c1O. The number of carbonyl (C=O) groups is 2. The average Bonchev–Trinajstić information content (AvgIpc) is 3.18. The molecule has 3 saturated heterocycles. The van der Waals surface area contributed by atoms with Crippen LogP contribution in [0.4, 0.5) is 0 Å². The van der Waals surface area contributed by atoms with Crippen LogP contribution in [0.2, 0.25) is 0 Å². The number of aliphatic hydroxyl groups is 1. The first kappa shape index (κ1) is 35.4. The monoisotopic (exact) mass is 712 g/mol. The topological polar surface area (TPSA) is 161 Å². The molecule has 5 atom stereocenters. The van der Waals surface area contributed by atoms with Crippen LogP contribution < -0.4 is 4.74 Å². The molecule has 6 aromatic rings. The first-order valence-corrected chi connectivity index (χ1v) is 17.5. The molecule has 9 rings (SSSR count). The van der Waals surface area contributed by atoms with Crippen molar-refractivity contribution in [2.24, 2.45) is 11.8 Å². The fraction of sp³-hybridized carbons (Fsp3) is 0.233. The van der Waals surface area contributed by atoms with Crippen molar-refractivity contribution in [2.75, 3.05) is 20.2 Å². The average molecular weight is 713 g/mol. The molecule has 0 aliphatic carbocycles. The number of aliphatic hydroxyl groups excluding tert-OH is 1. The van der Waals surface area contributed by atoms with Crippen molar-refractivity contribution < 1.29 is 39.9 Å². The van der Waals surface area contributed by atoms with E-state index < -0.39 is 29.5 Å². The van der Waals surface area contributed by atoms with E-state index in [1.807, 2.05) is 24.3 Å². The number of hydrogen-bond donors (Lipinski definition) is 5. The molecular formula is C43H40N2O8. The van der Waals surface area contributed by atoms with Crippen molar-refractivity contribution >= 4 is 44.4 Å². The number of hydrogen-bond acceptors (Lipinski definition) is 8. The zero-order valence-electron chi connectivity index (χ0n) is 29.1. The second-order valence-corrected chi connectivity index (χ2v) is 13.7. The Kier molecular flexibility index (Phi) is 9.74. The van der Waals surface area contributed by atoms with Gasteiger partial charge in [-0.2, -0.15) is 0 Å². The summed E-state index contributed by atoms with van der Waals surface area (Å²) in [5.41, 5.74) is 1.96. The molecule has 0 saturated carbocycles. The molecule has 5 aromatic carbocycles. The molecule has 4 heterocycles. The Morgan fingerprint density at radius 3 is 2.02 bits per heavy atom. The molecule has 2 bridgehead atoms. The number of aromatic carboxylic acids is 2. The van der Waals surface area contributed by atoms with Gasteiger partial charge < -0.3 is 30.3 Å². The van der Waals surface area contributed by atoms with E-state index in [9.17, 15) is 35.1 Å². The fourth-order valence-corrected chi connectivity index (χ4v) is 8.13. The summed E-state index contributed by atoms with van der Waals surface area (Å²) in [6, 6.07) is 24.7. The van der Waals surface area contributed by atoms with E-state index in [0.717, 1.165) is 41.7 Å². The standard InChI is InChI=1S/C23H16O6.C20H24N2O2/c24-20-16(14-7-3-1-5-12(14)9-18(20)22(26)27)11-17-15-8-4-2-6-13(15)10-19(21(17)25)23(28)29;1-3-13-12-22-9-7-14(13)10-19(22)20(23)16-6-8-21-18-5-4-15(24-2)11-17(16)18/h1-10,24-25H,11H2,(H,26,27)(H,28,29);3-6,8,11,13-14,19-20,23H,1,7,9-10,12H2,2H3. The summed E-state index contributed by atoms with van der Waals surface area (Å²) in [6.45, 7) is 6.07. The molecule has 5 N–H and O–H groups in total.